The third-order valence-electron chi connectivity index (χ3n) is 6.74. The molecule has 2 aromatic carbocycles. The number of rotatable bonds is 19. The molecule has 0 saturated heterocycles. The number of hydrogen-bond acceptors (Lipinski definition) is 7. The molecule has 0 saturated carbocycles. The van der Waals surface area contributed by atoms with E-state index in [2.05, 4.69) is 20.9 Å². The highest BCUT2D eigenvalue weighted by Crippen LogP contribution is 2.09. The summed E-state index contributed by atoms with van der Waals surface area (Å²) < 4.78 is 0. The summed E-state index contributed by atoms with van der Waals surface area (Å²) in [5.74, 6) is -2.49. The predicted octanol–water partition coefficient (Wildman–Crippen LogP) is -1.08. The molecule has 0 aromatic heterocycles. The maximum atomic E-state index is 13.6. The summed E-state index contributed by atoms with van der Waals surface area (Å²) in [6, 6.07) is 14.4. The second-order valence-corrected chi connectivity index (χ2v) is 10.3. The molecular weight excluding hydrogens is 550 g/mol. The Hall–Kier alpha value is -4.49. The quantitative estimate of drug-likeness (QED) is 0.0562. The van der Waals surface area contributed by atoms with Crippen molar-refractivity contribution in [3.05, 3.63) is 71.8 Å². The SMILES string of the molecule is NCCCC[C@H](NC(=O)[C@@H](Cc1ccccc1)NC(=O)[C@@H](CCCN=C(N)N)NC(=O)[C@@H](N)Cc1ccccc1)C(N)=O. The standard InChI is InChI=1S/C30H45N9O4/c31-16-8-7-14-23(26(33)40)37-29(43)25(19-21-12-5-2-6-13-21)39-28(42)24(15-9-17-36-30(34)35)38-27(41)22(32)18-20-10-3-1-4-11-20/h1-6,10-13,22-25H,7-9,14-19,31-32H2,(H2,33,40)(H,37,43)(H,38,41)(H,39,42)(H4,34,35,36)/t22-,23-,24+,25+/m0/s1. The Bertz CT molecular complexity index is 1190. The zero-order chi connectivity index (χ0) is 31.6. The van der Waals surface area contributed by atoms with Crippen molar-refractivity contribution in [2.24, 2.45) is 33.7 Å². The molecule has 0 spiro atoms. The Morgan fingerprint density at radius 3 is 1.72 bits per heavy atom. The lowest BCUT2D eigenvalue weighted by molar-refractivity contribution is -0.133. The van der Waals surface area contributed by atoms with Gasteiger partial charge in [0.05, 0.1) is 6.04 Å². The van der Waals surface area contributed by atoms with Gasteiger partial charge in [0.2, 0.25) is 23.6 Å². The van der Waals surface area contributed by atoms with Crippen molar-refractivity contribution >= 4 is 29.6 Å². The number of primary amides is 1. The minimum absolute atomic E-state index is 0.0926. The number of nitrogens with zero attached hydrogens (tertiary/aromatic N) is 1. The minimum atomic E-state index is -1.07. The molecule has 0 fully saturated rings. The van der Waals surface area contributed by atoms with Gasteiger partial charge in [0.25, 0.3) is 0 Å². The first kappa shape index (κ1) is 34.7. The summed E-state index contributed by atoms with van der Waals surface area (Å²) >= 11 is 0. The number of carbonyl (C=O) groups is 4. The minimum Gasteiger partial charge on any atom is -0.370 e. The second kappa shape index (κ2) is 18.8. The lowest BCUT2D eigenvalue weighted by Gasteiger charge is -2.25. The van der Waals surface area contributed by atoms with E-state index in [-0.39, 0.29) is 31.8 Å². The van der Waals surface area contributed by atoms with Crippen molar-refractivity contribution in [3.8, 4) is 0 Å². The summed E-state index contributed by atoms with van der Waals surface area (Å²) in [6.45, 7) is 0.673. The molecule has 0 bridgehead atoms. The molecule has 0 radical (unpaired) electrons. The molecule has 43 heavy (non-hydrogen) atoms. The maximum Gasteiger partial charge on any atom is 0.243 e. The van der Waals surface area contributed by atoms with Crippen LogP contribution in [0.1, 0.15) is 43.2 Å². The molecule has 0 aliphatic heterocycles. The van der Waals surface area contributed by atoms with Gasteiger partial charge >= 0.3 is 0 Å². The van der Waals surface area contributed by atoms with Gasteiger partial charge in [0.1, 0.15) is 18.1 Å². The number of nitrogens with two attached hydrogens (primary N) is 5. The van der Waals surface area contributed by atoms with Gasteiger partial charge in [-0.3, -0.25) is 24.2 Å². The summed E-state index contributed by atoms with van der Waals surface area (Å²) in [7, 11) is 0. The van der Waals surface area contributed by atoms with E-state index in [1.54, 1.807) is 0 Å². The first-order valence-electron chi connectivity index (χ1n) is 14.4. The molecule has 13 heteroatoms. The summed E-state index contributed by atoms with van der Waals surface area (Å²) in [5, 5.41) is 8.15. The van der Waals surface area contributed by atoms with E-state index in [0.717, 1.165) is 11.1 Å². The highest BCUT2D eigenvalue weighted by atomic mass is 16.2. The number of carbonyl (C=O) groups excluding carboxylic acids is 4. The molecular formula is C30H45N9O4. The van der Waals surface area contributed by atoms with E-state index >= 15 is 0 Å². The van der Waals surface area contributed by atoms with Gasteiger partial charge in [-0.15, -0.1) is 0 Å². The van der Waals surface area contributed by atoms with E-state index in [1.807, 2.05) is 60.7 Å². The van der Waals surface area contributed by atoms with E-state index in [4.69, 9.17) is 28.7 Å². The highest BCUT2D eigenvalue weighted by molar-refractivity contribution is 5.94. The molecule has 0 unspecified atom stereocenters. The van der Waals surface area contributed by atoms with Crippen LogP contribution in [0.25, 0.3) is 0 Å². The summed E-state index contributed by atoms with van der Waals surface area (Å²) in [4.78, 5) is 56.0. The average Bonchev–Trinajstić information content (AvgIpc) is 2.98. The van der Waals surface area contributed by atoms with Crippen LogP contribution < -0.4 is 44.6 Å². The molecule has 0 aliphatic carbocycles. The molecule has 0 aliphatic rings. The fourth-order valence-corrected chi connectivity index (χ4v) is 4.39. The van der Waals surface area contributed by atoms with Crippen LogP contribution in [-0.2, 0) is 32.0 Å². The van der Waals surface area contributed by atoms with Gasteiger partial charge in [-0.1, -0.05) is 60.7 Å². The van der Waals surface area contributed by atoms with E-state index < -0.39 is 47.8 Å². The van der Waals surface area contributed by atoms with Gasteiger partial charge in [0.15, 0.2) is 5.96 Å². The third-order valence-corrected chi connectivity index (χ3v) is 6.74. The van der Waals surface area contributed by atoms with Crippen molar-refractivity contribution in [2.75, 3.05) is 13.1 Å². The van der Waals surface area contributed by atoms with Crippen LogP contribution in [0, 0.1) is 0 Å². The Labute approximate surface area is 252 Å². The van der Waals surface area contributed by atoms with Crippen molar-refractivity contribution in [2.45, 2.75) is 69.1 Å². The van der Waals surface area contributed by atoms with Crippen molar-refractivity contribution in [1.29, 1.82) is 0 Å². The number of guanidine groups is 1. The van der Waals surface area contributed by atoms with Crippen LogP contribution >= 0.6 is 0 Å². The fraction of sp³-hybridized carbons (Fsp3) is 0.433. The fourth-order valence-electron chi connectivity index (χ4n) is 4.39. The van der Waals surface area contributed by atoms with E-state index in [0.29, 0.717) is 32.2 Å². The van der Waals surface area contributed by atoms with Crippen LogP contribution in [0.2, 0.25) is 0 Å². The largest absolute Gasteiger partial charge is 0.370 e. The molecule has 234 valence electrons. The van der Waals surface area contributed by atoms with Gasteiger partial charge < -0.3 is 44.6 Å². The monoisotopic (exact) mass is 595 g/mol. The lowest BCUT2D eigenvalue weighted by Crippen LogP contribution is -2.58. The Morgan fingerprint density at radius 1 is 0.651 bits per heavy atom. The number of unbranched alkanes of at least 4 members (excludes halogenated alkanes) is 1. The highest BCUT2D eigenvalue weighted by Gasteiger charge is 2.30. The van der Waals surface area contributed by atoms with Gasteiger partial charge in [-0.05, 0) is 56.2 Å². The van der Waals surface area contributed by atoms with Crippen molar-refractivity contribution in [3.63, 3.8) is 0 Å². The molecule has 2 rings (SSSR count). The normalized spacial score (nSPS) is 13.5. The molecule has 13 N–H and O–H groups in total. The van der Waals surface area contributed by atoms with Gasteiger partial charge in [0, 0.05) is 13.0 Å². The molecule has 0 heterocycles. The number of aliphatic imine (C=N–C) groups is 1. The molecule has 4 amide bonds. The Morgan fingerprint density at radius 2 is 1.16 bits per heavy atom. The molecule has 13 nitrogen and oxygen atoms in total. The number of nitrogens with one attached hydrogen (secondary N) is 3. The number of hydrogen-bond donors (Lipinski definition) is 8. The average molecular weight is 596 g/mol. The zero-order valence-corrected chi connectivity index (χ0v) is 24.4. The van der Waals surface area contributed by atoms with Gasteiger partial charge in [-0.2, -0.15) is 0 Å². The molecule has 4 atom stereocenters. The second-order valence-electron chi connectivity index (χ2n) is 10.3. The van der Waals surface area contributed by atoms with E-state index in [1.165, 1.54) is 0 Å². The van der Waals surface area contributed by atoms with Crippen molar-refractivity contribution < 1.29 is 19.2 Å². The van der Waals surface area contributed by atoms with E-state index in [9.17, 15) is 19.2 Å². The van der Waals surface area contributed by atoms with Crippen LogP contribution in [0.15, 0.2) is 65.7 Å². The topological polar surface area (TPSA) is 247 Å². The predicted molar refractivity (Wildman–Crippen MR) is 166 cm³/mol. The maximum absolute atomic E-state index is 13.6. The summed E-state index contributed by atoms with van der Waals surface area (Å²) in [5.41, 5.74) is 29.7. The van der Waals surface area contributed by atoms with Crippen LogP contribution in [0.4, 0.5) is 0 Å². The Kier molecular flexibility index (Phi) is 15.2. The summed E-state index contributed by atoms with van der Waals surface area (Å²) in [6.07, 6.45) is 2.51. The van der Waals surface area contributed by atoms with Crippen LogP contribution in [-0.4, -0.2) is 66.8 Å². The van der Waals surface area contributed by atoms with Crippen LogP contribution in [0.3, 0.4) is 0 Å². The van der Waals surface area contributed by atoms with Crippen LogP contribution in [0.5, 0.6) is 0 Å². The first-order valence-corrected chi connectivity index (χ1v) is 14.4. The van der Waals surface area contributed by atoms with Crippen molar-refractivity contribution in [1.82, 2.24) is 16.0 Å². The number of benzene rings is 2. The Balaban J connectivity index is 2.22. The first-order chi connectivity index (χ1) is 20.6. The van der Waals surface area contributed by atoms with Gasteiger partial charge in [-0.25, -0.2) is 0 Å². The molecule has 2 aromatic rings. The lowest BCUT2D eigenvalue weighted by atomic mass is 10.0. The zero-order valence-electron chi connectivity index (χ0n) is 24.4. The number of amides is 4. The third kappa shape index (κ3) is 13.4. The smallest absolute Gasteiger partial charge is 0.243 e.